The third-order valence-electron chi connectivity index (χ3n) is 5.80. The van der Waals surface area contributed by atoms with Crippen molar-refractivity contribution in [3.63, 3.8) is 0 Å². The van der Waals surface area contributed by atoms with Gasteiger partial charge in [-0.25, -0.2) is 16.8 Å². The zero-order valence-electron chi connectivity index (χ0n) is 19.5. The SMILES string of the molecule is Cc1ccc(S(=O)(=O)c2ccc(C)cc2)cc1.Cc1ccc2c(c1)-c1cc(C)ccc1S2(=O)=O. The van der Waals surface area contributed by atoms with E-state index in [1.54, 1.807) is 60.7 Å². The van der Waals surface area contributed by atoms with Crippen molar-refractivity contribution in [3.8, 4) is 11.1 Å². The van der Waals surface area contributed by atoms with E-state index in [2.05, 4.69) is 0 Å². The number of hydrogen-bond donors (Lipinski definition) is 0. The normalized spacial score (nSPS) is 13.4. The molecule has 0 aromatic heterocycles. The van der Waals surface area contributed by atoms with Crippen molar-refractivity contribution in [3.05, 3.63) is 107 Å². The molecule has 0 unspecified atom stereocenters. The molecule has 0 amide bonds. The van der Waals surface area contributed by atoms with Crippen molar-refractivity contribution >= 4 is 19.7 Å². The summed E-state index contributed by atoms with van der Waals surface area (Å²) >= 11 is 0. The molecule has 1 heterocycles. The van der Waals surface area contributed by atoms with Gasteiger partial charge >= 0.3 is 0 Å². The molecule has 174 valence electrons. The quantitative estimate of drug-likeness (QED) is 0.293. The molecule has 0 atom stereocenters. The lowest BCUT2D eigenvalue weighted by Crippen LogP contribution is -2.01. The highest BCUT2D eigenvalue weighted by atomic mass is 32.2. The molecule has 0 aliphatic carbocycles. The average molecular weight is 491 g/mol. The van der Waals surface area contributed by atoms with Crippen molar-refractivity contribution in [1.82, 2.24) is 0 Å². The van der Waals surface area contributed by atoms with Crippen LogP contribution in [-0.2, 0) is 19.7 Å². The van der Waals surface area contributed by atoms with Gasteiger partial charge in [-0.05, 0) is 64.1 Å². The Morgan fingerprint density at radius 3 is 1.18 bits per heavy atom. The minimum atomic E-state index is -3.37. The van der Waals surface area contributed by atoms with Crippen LogP contribution in [0.5, 0.6) is 0 Å². The molecule has 0 saturated carbocycles. The molecule has 1 aliphatic rings. The van der Waals surface area contributed by atoms with E-state index in [1.807, 2.05) is 52.0 Å². The maximum Gasteiger partial charge on any atom is 0.207 e. The van der Waals surface area contributed by atoms with Gasteiger partial charge in [0.2, 0.25) is 19.7 Å². The van der Waals surface area contributed by atoms with Crippen LogP contribution in [0.25, 0.3) is 11.1 Å². The molecule has 0 N–H and O–H groups in total. The Morgan fingerprint density at radius 2 is 0.824 bits per heavy atom. The van der Waals surface area contributed by atoms with Gasteiger partial charge in [-0.3, -0.25) is 0 Å². The molecule has 0 radical (unpaired) electrons. The van der Waals surface area contributed by atoms with Crippen LogP contribution in [0.2, 0.25) is 0 Å². The maximum absolute atomic E-state index is 12.3. The van der Waals surface area contributed by atoms with Crippen LogP contribution >= 0.6 is 0 Å². The molecule has 4 aromatic carbocycles. The van der Waals surface area contributed by atoms with E-state index in [1.165, 1.54) is 0 Å². The van der Waals surface area contributed by atoms with E-state index in [0.29, 0.717) is 19.6 Å². The van der Waals surface area contributed by atoms with E-state index < -0.39 is 19.7 Å². The third kappa shape index (κ3) is 4.43. The van der Waals surface area contributed by atoms with Crippen molar-refractivity contribution in [1.29, 1.82) is 0 Å². The van der Waals surface area contributed by atoms with E-state index in [-0.39, 0.29) is 0 Å². The van der Waals surface area contributed by atoms with Gasteiger partial charge in [-0.2, -0.15) is 0 Å². The molecule has 0 bridgehead atoms. The minimum Gasteiger partial charge on any atom is -0.219 e. The largest absolute Gasteiger partial charge is 0.219 e. The van der Waals surface area contributed by atoms with Crippen LogP contribution < -0.4 is 0 Å². The molecule has 4 aromatic rings. The van der Waals surface area contributed by atoms with Gasteiger partial charge in [-0.15, -0.1) is 0 Å². The fourth-order valence-corrected chi connectivity index (χ4v) is 6.78. The number of aryl methyl sites for hydroxylation is 4. The van der Waals surface area contributed by atoms with Gasteiger partial charge in [0.1, 0.15) is 0 Å². The molecular formula is C28H26O4S2. The van der Waals surface area contributed by atoms with E-state index in [4.69, 9.17) is 0 Å². The summed E-state index contributed by atoms with van der Waals surface area (Å²) in [5, 5.41) is 0. The molecule has 0 spiro atoms. The summed E-state index contributed by atoms with van der Waals surface area (Å²) in [7, 11) is -6.67. The van der Waals surface area contributed by atoms with Gasteiger partial charge in [0, 0.05) is 11.1 Å². The summed E-state index contributed by atoms with van der Waals surface area (Å²) in [5.41, 5.74) is 5.93. The first-order chi connectivity index (χ1) is 16.0. The number of sulfone groups is 2. The lowest BCUT2D eigenvalue weighted by molar-refractivity contribution is 0.595. The highest BCUT2D eigenvalue weighted by Crippen LogP contribution is 2.43. The van der Waals surface area contributed by atoms with Crippen LogP contribution in [0.1, 0.15) is 22.3 Å². The van der Waals surface area contributed by atoms with Gasteiger partial charge < -0.3 is 0 Å². The molecule has 0 saturated heterocycles. The van der Waals surface area contributed by atoms with Crippen LogP contribution in [0.4, 0.5) is 0 Å². The summed E-state index contributed by atoms with van der Waals surface area (Å²) in [6, 6.07) is 24.8. The topological polar surface area (TPSA) is 68.3 Å². The van der Waals surface area contributed by atoms with Crippen LogP contribution in [0.15, 0.2) is 105 Å². The second kappa shape index (κ2) is 8.85. The third-order valence-corrected chi connectivity index (χ3v) is 9.46. The maximum atomic E-state index is 12.3. The summed E-state index contributed by atoms with van der Waals surface area (Å²) in [6.07, 6.45) is 0. The summed E-state index contributed by atoms with van der Waals surface area (Å²) in [6.45, 7) is 7.81. The zero-order chi connectivity index (χ0) is 24.7. The Labute approximate surface area is 201 Å². The predicted octanol–water partition coefficient (Wildman–Crippen LogP) is 6.25. The summed E-state index contributed by atoms with van der Waals surface area (Å²) in [5.74, 6) is 0. The lowest BCUT2D eigenvalue weighted by atomic mass is 10.0. The Kier molecular flexibility index (Phi) is 6.23. The van der Waals surface area contributed by atoms with Crippen molar-refractivity contribution in [2.75, 3.05) is 0 Å². The first-order valence-electron chi connectivity index (χ1n) is 10.9. The highest BCUT2D eigenvalue weighted by Gasteiger charge is 2.32. The Bertz CT molecular complexity index is 1460. The van der Waals surface area contributed by atoms with Crippen molar-refractivity contribution < 1.29 is 16.8 Å². The number of fused-ring (bicyclic) bond motifs is 3. The van der Waals surface area contributed by atoms with Gasteiger partial charge in [0.25, 0.3) is 0 Å². The van der Waals surface area contributed by atoms with Crippen molar-refractivity contribution in [2.24, 2.45) is 0 Å². The lowest BCUT2D eigenvalue weighted by Gasteiger charge is -2.05. The van der Waals surface area contributed by atoms with Crippen LogP contribution in [-0.4, -0.2) is 16.8 Å². The van der Waals surface area contributed by atoms with Gasteiger partial charge in [0.15, 0.2) is 0 Å². The molecule has 6 heteroatoms. The Hall–Kier alpha value is -3.22. The predicted molar refractivity (Wildman–Crippen MR) is 135 cm³/mol. The molecular weight excluding hydrogens is 464 g/mol. The number of rotatable bonds is 2. The zero-order valence-corrected chi connectivity index (χ0v) is 21.2. The van der Waals surface area contributed by atoms with E-state index >= 15 is 0 Å². The average Bonchev–Trinajstić information content (AvgIpc) is 3.00. The summed E-state index contributed by atoms with van der Waals surface area (Å²) < 4.78 is 49.1. The first kappa shape index (κ1) is 23.9. The van der Waals surface area contributed by atoms with Gasteiger partial charge in [-0.1, -0.05) is 70.8 Å². The molecule has 5 rings (SSSR count). The van der Waals surface area contributed by atoms with E-state index in [9.17, 15) is 16.8 Å². The second-order valence-corrected chi connectivity index (χ2v) is 12.5. The smallest absolute Gasteiger partial charge is 0.207 e. The Morgan fingerprint density at radius 1 is 0.500 bits per heavy atom. The molecule has 34 heavy (non-hydrogen) atoms. The Balaban J connectivity index is 0.000000161. The van der Waals surface area contributed by atoms with Crippen LogP contribution in [0.3, 0.4) is 0 Å². The van der Waals surface area contributed by atoms with Gasteiger partial charge in [0.05, 0.1) is 19.6 Å². The number of hydrogen-bond acceptors (Lipinski definition) is 4. The number of benzene rings is 4. The molecule has 4 nitrogen and oxygen atoms in total. The molecule has 1 aliphatic heterocycles. The van der Waals surface area contributed by atoms with E-state index in [0.717, 1.165) is 33.4 Å². The fourth-order valence-electron chi connectivity index (χ4n) is 3.87. The van der Waals surface area contributed by atoms with Crippen molar-refractivity contribution in [2.45, 2.75) is 47.3 Å². The fraction of sp³-hybridized carbons (Fsp3) is 0.143. The summed E-state index contributed by atoms with van der Waals surface area (Å²) in [4.78, 5) is 1.55. The standard InChI is InChI=1S/C14H12O2S.C14H14O2S/c1-9-3-5-13-11(7-9)12-8-10(2)4-6-14(12)17(13,15)16;1-11-3-7-13(8-4-11)17(15,16)14-9-5-12(2)6-10-14/h3-8H,1-2H3;3-10H,1-2H3. The van der Waals surface area contributed by atoms with Crippen LogP contribution in [0, 0.1) is 27.7 Å². The monoisotopic (exact) mass is 490 g/mol. The highest BCUT2D eigenvalue weighted by molar-refractivity contribution is 7.92. The molecule has 0 fully saturated rings. The first-order valence-corrected chi connectivity index (χ1v) is 13.8. The second-order valence-electron chi connectivity index (χ2n) is 8.63. The minimum absolute atomic E-state index is 0.340.